The Morgan fingerprint density at radius 1 is 1.09 bits per heavy atom. The molecular weight excluding hydrogens is 450 g/mol. The molecule has 34 heavy (non-hydrogen) atoms. The maximum Gasteiger partial charge on any atom is 0.411 e. The highest BCUT2D eigenvalue weighted by atomic mass is 32.1. The lowest BCUT2D eigenvalue weighted by Crippen LogP contribution is -2.46. The van der Waals surface area contributed by atoms with E-state index in [1.54, 1.807) is 24.3 Å². The first kappa shape index (κ1) is 22.2. The number of amides is 3. The summed E-state index contributed by atoms with van der Waals surface area (Å²) in [5.74, 6) is -0.432. The molecule has 2 N–H and O–H groups in total. The summed E-state index contributed by atoms with van der Waals surface area (Å²) >= 11 is 1.36. The number of carbonyl (C=O) groups is 3. The standard InChI is InChI=1S/C26H25N3O4S/c1-16-7-9-17(10-8-16)15-29-22(25(31)27-19-11-12-19)23(33-26(29)32)18-4-2-5-20(14-18)28-24(30)21-6-3-13-34-21/h2-10,13-14,19,22-23H,11-12,15H2,1H3,(H,27,31)(H,28,30)/t22-,23-/m0/s1. The summed E-state index contributed by atoms with van der Waals surface area (Å²) in [6.45, 7) is 2.27. The van der Waals surface area contributed by atoms with Crippen LogP contribution in [0.3, 0.4) is 0 Å². The van der Waals surface area contributed by atoms with Gasteiger partial charge in [0.1, 0.15) is 0 Å². The van der Waals surface area contributed by atoms with Gasteiger partial charge in [-0.15, -0.1) is 11.3 Å². The molecular formula is C26H25N3O4S. The molecule has 0 unspecified atom stereocenters. The van der Waals surface area contributed by atoms with E-state index in [1.165, 1.54) is 16.2 Å². The molecule has 2 atom stereocenters. The summed E-state index contributed by atoms with van der Waals surface area (Å²) in [5, 5.41) is 7.75. The van der Waals surface area contributed by atoms with E-state index in [0.717, 1.165) is 24.0 Å². The summed E-state index contributed by atoms with van der Waals surface area (Å²) in [6.07, 6.45) is 0.574. The third kappa shape index (κ3) is 4.82. The van der Waals surface area contributed by atoms with Gasteiger partial charge in [-0.3, -0.25) is 14.5 Å². The van der Waals surface area contributed by atoms with Gasteiger partial charge in [0.15, 0.2) is 12.1 Å². The quantitative estimate of drug-likeness (QED) is 0.521. The Hall–Kier alpha value is -3.65. The van der Waals surface area contributed by atoms with Crippen molar-refractivity contribution in [1.29, 1.82) is 0 Å². The molecule has 0 radical (unpaired) electrons. The van der Waals surface area contributed by atoms with Crippen LogP contribution >= 0.6 is 11.3 Å². The molecule has 174 valence electrons. The van der Waals surface area contributed by atoms with Crippen LogP contribution < -0.4 is 10.6 Å². The molecule has 2 aliphatic rings. The topological polar surface area (TPSA) is 87.7 Å². The van der Waals surface area contributed by atoms with Crippen LogP contribution in [0.2, 0.25) is 0 Å². The first-order valence-corrected chi connectivity index (χ1v) is 12.1. The minimum atomic E-state index is -0.808. The zero-order chi connectivity index (χ0) is 23.7. The largest absolute Gasteiger partial charge is 0.438 e. The highest BCUT2D eigenvalue weighted by molar-refractivity contribution is 7.12. The third-order valence-corrected chi connectivity index (χ3v) is 6.84. The average molecular weight is 476 g/mol. The van der Waals surface area contributed by atoms with Crippen LogP contribution in [-0.4, -0.2) is 34.9 Å². The molecule has 5 rings (SSSR count). The van der Waals surface area contributed by atoms with E-state index in [2.05, 4.69) is 10.6 Å². The van der Waals surface area contributed by atoms with Gasteiger partial charge in [0, 0.05) is 11.7 Å². The molecule has 0 spiro atoms. The second kappa shape index (κ2) is 9.30. The number of rotatable bonds is 7. The molecule has 2 heterocycles. The number of carbonyl (C=O) groups excluding carboxylic acids is 3. The molecule has 1 saturated carbocycles. The number of cyclic esters (lactones) is 1. The van der Waals surface area contributed by atoms with Gasteiger partial charge < -0.3 is 15.4 Å². The fraction of sp³-hybridized carbons (Fsp3) is 0.269. The van der Waals surface area contributed by atoms with Crippen LogP contribution in [0.25, 0.3) is 0 Å². The lowest BCUT2D eigenvalue weighted by Gasteiger charge is -2.24. The number of anilines is 1. The predicted molar refractivity (Wildman–Crippen MR) is 130 cm³/mol. The summed E-state index contributed by atoms with van der Waals surface area (Å²) in [6, 6.07) is 17.9. The average Bonchev–Trinajstić information content (AvgIpc) is 3.34. The number of benzene rings is 2. The molecule has 2 aromatic carbocycles. The Morgan fingerprint density at radius 2 is 1.88 bits per heavy atom. The lowest BCUT2D eigenvalue weighted by atomic mass is 10.00. The number of hydrogen-bond donors (Lipinski definition) is 2. The Kier molecular flexibility index (Phi) is 6.06. The Bertz CT molecular complexity index is 1210. The van der Waals surface area contributed by atoms with Crippen LogP contribution in [0, 0.1) is 6.92 Å². The van der Waals surface area contributed by atoms with Gasteiger partial charge in [0.2, 0.25) is 5.91 Å². The Balaban J connectivity index is 1.41. The number of aryl methyl sites for hydroxylation is 1. The summed E-state index contributed by atoms with van der Waals surface area (Å²) in [7, 11) is 0. The Labute approximate surface area is 201 Å². The molecule has 3 aromatic rings. The highest BCUT2D eigenvalue weighted by Crippen LogP contribution is 2.35. The van der Waals surface area contributed by atoms with Gasteiger partial charge in [-0.1, -0.05) is 48.0 Å². The van der Waals surface area contributed by atoms with Gasteiger partial charge in [0.25, 0.3) is 5.91 Å². The SMILES string of the molecule is Cc1ccc(CN2C(=O)O[C@@H](c3cccc(NC(=O)c4cccs4)c3)[C@H]2C(=O)NC2CC2)cc1. The zero-order valence-corrected chi connectivity index (χ0v) is 19.5. The third-order valence-electron chi connectivity index (χ3n) is 5.97. The fourth-order valence-corrected chi connectivity index (χ4v) is 4.63. The van der Waals surface area contributed by atoms with Gasteiger partial charge in [-0.2, -0.15) is 0 Å². The zero-order valence-electron chi connectivity index (χ0n) is 18.7. The van der Waals surface area contributed by atoms with Crippen LogP contribution in [-0.2, 0) is 16.1 Å². The first-order chi connectivity index (χ1) is 16.5. The second-order valence-corrected chi connectivity index (χ2v) is 9.65. The fourth-order valence-electron chi connectivity index (χ4n) is 4.01. The molecule has 7 nitrogen and oxygen atoms in total. The maximum atomic E-state index is 13.2. The van der Waals surface area contributed by atoms with Crippen molar-refractivity contribution in [1.82, 2.24) is 10.2 Å². The van der Waals surface area contributed by atoms with E-state index < -0.39 is 18.2 Å². The number of nitrogens with one attached hydrogen (secondary N) is 2. The first-order valence-electron chi connectivity index (χ1n) is 11.3. The van der Waals surface area contributed by atoms with E-state index in [0.29, 0.717) is 16.1 Å². The van der Waals surface area contributed by atoms with Crippen molar-refractivity contribution in [2.75, 3.05) is 5.32 Å². The Morgan fingerprint density at radius 3 is 2.59 bits per heavy atom. The molecule has 1 saturated heterocycles. The van der Waals surface area contributed by atoms with Crippen molar-refractivity contribution in [2.24, 2.45) is 0 Å². The van der Waals surface area contributed by atoms with Crippen molar-refractivity contribution in [3.05, 3.63) is 87.6 Å². The van der Waals surface area contributed by atoms with Crippen LogP contribution in [0.4, 0.5) is 10.5 Å². The number of thiophene rings is 1. The molecule has 3 amide bonds. The van der Waals surface area contributed by atoms with Crippen LogP contribution in [0.15, 0.2) is 66.0 Å². The predicted octanol–water partition coefficient (Wildman–Crippen LogP) is 4.65. The van der Waals surface area contributed by atoms with Gasteiger partial charge in [-0.05, 0) is 54.5 Å². The van der Waals surface area contributed by atoms with Crippen molar-refractivity contribution < 1.29 is 19.1 Å². The maximum absolute atomic E-state index is 13.2. The lowest BCUT2D eigenvalue weighted by molar-refractivity contribution is -0.126. The molecule has 1 aliphatic heterocycles. The minimum Gasteiger partial charge on any atom is -0.438 e. The monoisotopic (exact) mass is 475 g/mol. The molecule has 1 aromatic heterocycles. The number of ether oxygens (including phenoxy) is 1. The van der Waals surface area contributed by atoms with Crippen LogP contribution in [0.1, 0.15) is 45.3 Å². The normalized spacial score (nSPS) is 19.6. The number of nitrogens with zero attached hydrogens (tertiary/aromatic N) is 1. The molecule has 0 bridgehead atoms. The summed E-state index contributed by atoms with van der Waals surface area (Å²) in [5.41, 5.74) is 3.27. The van der Waals surface area contributed by atoms with Crippen molar-refractivity contribution in [2.45, 2.75) is 44.5 Å². The van der Waals surface area contributed by atoms with E-state index in [4.69, 9.17) is 4.74 Å². The van der Waals surface area contributed by atoms with Crippen molar-refractivity contribution >= 4 is 34.9 Å². The van der Waals surface area contributed by atoms with Crippen molar-refractivity contribution in [3.8, 4) is 0 Å². The van der Waals surface area contributed by atoms with E-state index >= 15 is 0 Å². The molecule has 1 aliphatic carbocycles. The molecule has 8 heteroatoms. The summed E-state index contributed by atoms with van der Waals surface area (Å²) < 4.78 is 5.74. The molecule has 2 fully saturated rings. The minimum absolute atomic E-state index is 0.154. The van der Waals surface area contributed by atoms with E-state index in [1.807, 2.05) is 48.7 Å². The van der Waals surface area contributed by atoms with E-state index in [-0.39, 0.29) is 24.4 Å². The highest BCUT2D eigenvalue weighted by Gasteiger charge is 2.48. The second-order valence-electron chi connectivity index (χ2n) is 8.70. The smallest absolute Gasteiger partial charge is 0.411 e. The van der Waals surface area contributed by atoms with E-state index in [9.17, 15) is 14.4 Å². The van der Waals surface area contributed by atoms with Gasteiger partial charge in [0.05, 0.1) is 11.4 Å². The van der Waals surface area contributed by atoms with Crippen molar-refractivity contribution in [3.63, 3.8) is 0 Å². The van der Waals surface area contributed by atoms with Gasteiger partial charge >= 0.3 is 6.09 Å². The number of hydrogen-bond acceptors (Lipinski definition) is 5. The van der Waals surface area contributed by atoms with Gasteiger partial charge in [-0.25, -0.2) is 4.79 Å². The van der Waals surface area contributed by atoms with Crippen LogP contribution in [0.5, 0.6) is 0 Å². The summed E-state index contributed by atoms with van der Waals surface area (Å²) in [4.78, 5) is 40.7.